The highest BCUT2D eigenvalue weighted by atomic mass is 16.4. The Kier molecular flexibility index (Phi) is 4.93. The maximum Gasteiger partial charge on any atom is 0.326 e. The number of hydrogen-bond acceptors (Lipinski definition) is 3. The first-order valence-electron chi connectivity index (χ1n) is 5.08. The van der Waals surface area contributed by atoms with Crippen LogP contribution in [0.3, 0.4) is 0 Å². The normalized spacial score (nSPS) is 12.7. The van der Waals surface area contributed by atoms with Gasteiger partial charge in [0.2, 0.25) is 5.91 Å². The van der Waals surface area contributed by atoms with Crippen molar-refractivity contribution in [2.45, 2.75) is 26.8 Å². The number of carbonyl (C=O) groups is 3. The molecule has 0 bridgehead atoms. The molecule has 0 spiro atoms. The van der Waals surface area contributed by atoms with Crippen molar-refractivity contribution >= 4 is 17.9 Å². The van der Waals surface area contributed by atoms with Crippen molar-refractivity contribution in [1.82, 2.24) is 10.2 Å². The number of urea groups is 1. The standard InChI is InChI=1S/C10H19N3O4/c1-10(2,3)7(8(15)16)12-9(17)13(4)5-6(11)14/h7H,5H2,1-4H3,(H2,11,14)(H,12,17)(H,15,16). The van der Waals surface area contributed by atoms with Crippen LogP contribution < -0.4 is 11.1 Å². The lowest BCUT2D eigenvalue weighted by Crippen LogP contribution is -2.53. The molecule has 0 aromatic rings. The zero-order chi connectivity index (χ0) is 13.8. The summed E-state index contributed by atoms with van der Waals surface area (Å²) in [6, 6.07) is -1.68. The van der Waals surface area contributed by atoms with E-state index in [-0.39, 0.29) is 6.54 Å². The SMILES string of the molecule is CN(CC(N)=O)C(=O)NC(C(=O)O)C(C)(C)C. The molecule has 7 nitrogen and oxygen atoms in total. The van der Waals surface area contributed by atoms with Crippen molar-refractivity contribution in [2.75, 3.05) is 13.6 Å². The summed E-state index contributed by atoms with van der Waals surface area (Å²) in [5.41, 5.74) is 4.30. The molecule has 1 unspecified atom stereocenters. The molecule has 0 aliphatic carbocycles. The molecule has 0 radical (unpaired) electrons. The summed E-state index contributed by atoms with van der Waals surface area (Å²) in [7, 11) is 1.36. The second kappa shape index (κ2) is 5.51. The Morgan fingerprint density at radius 3 is 2.12 bits per heavy atom. The van der Waals surface area contributed by atoms with Crippen LogP contribution in [0.1, 0.15) is 20.8 Å². The lowest BCUT2D eigenvalue weighted by atomic mass is 9.87. The molecule has 0 aliphatic rings. The molecular weight excluding hydrogens is 226 g/mol. The molecule has 0 aliphatic heterocycles. The topological polar surface area (TPSA) is 113 Å². The summed E-state index contributed by atoms with van der Waals surface area (Å²) in [5, 5.41) is 11.3. The lowest BCUT2D eigenvalue weighted by molar-refractivity contribution is -0.141. The summed E-state index contributed by atoms with van der Waals surface area (Å²) >= 11 is 0. The molecule has 7 heteroatoms. The van der Waals surface area contributed by atoms with Gasteiger partial charge in [-0.2, -0.15) is 0 Å². The van der Waals surface area contributed by atoms with Crippen LogP contribution in [0.25, 0.3) is 0 Å². The van der Waals surface area contributed by atoms with Gasteiger partial charge in [0.05, 0.1) is 0 Å². The van der Waals surface area contributed by atoms with Gasteiger partial charge in [0.25, 0.3) is 0 Å². The Balaban J connectivity index is 4.63. The maximum absolute atomic E-state index is 11.6. The predicted molar refractivity (Wildman–Crippen MR) is 61.2 cm³/mol. The van der Waals surface area contributed by atoms with Crippen molar-refractivity contribution in [3.63, 3.8) is 0 Å². The van der Waals surface area contributed by atoms with Crippen LogP contribution in [0, 0.1) is 5.41 Å². The number of carboxylic acids is 1. The van der Waals surface area contributed by atoms with Crippen LogP contribution in [-0.2, 0) is 9.59 Å². The molecule has 1 atom stereocenters. The Hall–Kier alpha value is -1.79. The third kappa shape index (κ3) is 5.19. The molecule has 0 heterocycles. The minimum atomic E-state index is -1.13. The Morgan fingerprint density at radius 1 is 1.35 bits per heavy atom. The Labute approximate surface area is 100.0 Å². The maximum atomic E-state index is 11.6. The number of aliphatic carboxylic acids is 1. The molecule has 4 N–H and O–H groups in total. The third-order valence-corrected chi connectivity index (χ3v) is 2.12. The number of nitrogens with zero attached hydrogens (tertiary/aromatic N) is 1. The molecule has 98 valence electrons. The minimum Gasteiger partial charge on any atom is -0.480 e. The number of nitrogens with one attached hydrogen (secondary N) is 1. The number of amides is 3. The predicted octanol–water partition coefficient (Wildman–Crippen LogP) is -0.388. The van der Waals surface area contributed by atoms with Crippen LogP contribution in [-0.4, -0.2) is 47.5 Å². The smallest absolute Gasteiger partial charge is 0.326 e. The average molecular weight is 245 g/mol. The lowest BCUT2D eigenvalue weighted by Gasteiger charge is -2.29. The number of carboxylic acid groups (broad SMARTS) is 1. The van der Waals surface area contributed by atoms with Crippen molar-refractivity contribution in [3.05, 3.63) is 0 Å². The van der Waals surface area contributed by atoms with Gasteiger partial charge in [-0.05, 0) is 5.41 Å². The fraction of sp³-hybridized carbons (Fsp3) is 0.700. The van der Waals surface area contributed by atoms with Crippen LogP contribution in [0.15, 0.2) is 0 Å². The van der Waals surface area contributed by atoms with Crippen molar-refractivity contribution in [2.24, 2.45) is 11.1 Å². The number of rotatable bonds is 4. The van der Waals surface area contributed by atoms with E-state index in [1.807, 2.05) is 0 Å². The van der Waals surface area contributed by atoms with E-state index in [1.165, 1.54) is 7.05 Å². The fourth-order valence-corrected chi connectivity index (χ4v) is 1.19. The third-order valence-electron chi connectivity index (χ3n) is 2.12. The highest BCUT2D eigenvalue weighted by Gasteiger charge is 2.33. The largest absolute Gasteiger partial charge is 0.480 e. The monoisotopic (exact) mass is 245 g/mol. The van der Waals surface area contributed by atoms with Gasteiger partial charge in [0, 0.05) is 7.05 Å². The summed E-state index contributed by atoms with van der Waals surface area (Å²) < 4.78 is 0. The van der Waals surface area contributed by atoms with E-state index in [1.54, 1.807) is 20.8 Å². The molecule has 0 rings (SSSR count). The van der Waals surface area contributed by atoms with Gasteiger partial charge in [-0.1, -0.05) is 20.8 Å². The molecule has 0 aromatic heterocycles. The zero-order valence-electron chi connectivity index (χ0n) is 10.5. The number of hydrogen-bond donors (Lipinski definition) is 3. The number of nitrogens with two attached hydrogens (primary N) is 1. The Morgan fingerprint density at radius 2 is 1.82 bits per heavy atom. The molecule has 0 aromatic carbocycles. The summed E-state index contributed by atoms with van der Waals surface area (Å²) in [4.78, 5) is 34.2. The van der Waals surface area contributed by atoms with E-state index in [9.17, 15) is 14.4 Å². The summed E-state index contributed by atoms with van der Waals surface area (Å²) in [6.07, 6.45) is 0. The van der Waals surface area contributed by atoms with E-state index >= 15 is 0 Å². The van der Waals surface area contributed by atoms with Gasteiger partial charge in [0.15, 0.2) is 0 Å². The fourth-order valence-electron chi connectivity index (χ4n) is 1.19. The van der Waals surface area contributed by atoms with E-state index in [0.717, 1.165) is 4.90 Å². The highest BCUT2D eigenvalue weighted by Crippen LogP contribution is 2.19. The van der Waals surface area contributed by atoms with E-state index in [2.05, 4.69) is 5.32 Å². The van der Waals surface area contributed by atoms with Crippen molar-refractivity contribution < 1.29 is 19.5 Å². The number of carbonyl (C=O) groups excluding carboxylic acids is 2. The van der Waals surface area contributed by atoms with Crippen LogP contribution in [0.5, 0.6) is 0 Å². The second-order valence-electron chi connectivity index (χ2n) is 4.91. The first kappa shape index (κ1) is 15.2. The van der Waals surface area contributed by atoms with E-state index in [4.69, 9.17) is 10.8 Å². The quantitative estimate of drug-likeness (QED) is 0.626. The first-order valence-corrected chi connectivity index (χ1v) is 5.08. The average Bonchev–Trinajstić information content (AvgIpc) is 2.09. The first-order chi connectivity index (χ1) is 7.55. The number of likely N-dealkylation sites (N-methyl/N-ethyl adjacent to an activating group) is 1. The van der Waals surface area contributed by atoms with Gasteiger partial charge in [0.1, 0.15) is 12.6 Å². The minimum absolute atomic E-state index is 0.262. The summed E-state index contributed by atoms with van der Waals surface area (Å²) in [5.74, 6) is -1.79. The van der Waals surface area contributed by atoms with E-state index < -0.39 is 29.4 Å². The van der Waals surface area contributed by atoms with Crippen LogP contribution >= 0.6 is 0 Å². The second-order valence-corrected chi connectivity index (χ2v) is 4.91. The van der Waals surface area contributed by atoms with Crippen LogP contribution in [0.2, 0.25) is 0 Å². The molecule has 0 saturated carbocycles. The molecule has 0 saturated heterocycles. The van der Waals surface area contributed by atoms with Crippen molar-refractivity contribution in [1.29, 1.82) is 0 Å². The van der Waals surface area contributed by atoms with E-state index in [0.29, 0.717) is 0 Å². The van der Waals surface area contributed by atoms with Gasteiger partial charge in [-0.25, -0.2) is 9.59 Å². The van der Waals surface area contributed by atoms with Gasteiger partial charge >= 0.3 is 12.0 Å². The van der Waals surface area contributed by atoms with Gasteiger partial charge < -0.3 is 21.1 Å². The number of primary amides is 1. The molecular formula is C10H19N3O4. The van der Waals surface area contributed by atoms with Gasteiger partial charge in [-0.15, -0.1) is 0 Å². The van der Waals surface area contributed by atoms with Gasteiger partial charge in [-0.3, -0.25) is 4.79 Å². The molecule has 17 heavy (non-hydrogen) atoms. The highest BCUT2D eigenvalue weighted by molar-refractivity contribution is 5.86. The van der Waals surface area contributed by atoms with Crippen molar-refractivity contribution in [3.8, 4) is 0 Å². The molecule has 0 fully saturated rings. The zero-order valence-corrected chi connectivity index (χ0v) is 10.5. The summed E-state index contributed by atoms with van der Waals surface area (Å²) in [6.45, 7) is 4.82. The van der Waals surface area contributed by atoms with Crippen LogP contribution in [0.4, 0.5) is 4.79 Å². The Bertz CT molecular complexity index is 322. The molecule has 3 amide bonds.